The van der Waals surface area contributed by atoms with Gasteiger partial charge in [-0.3, -0.25) is 4.79 Å². The largest absolute Gasteiger partial charge is 0.349 e. The van der Waals surface area contributed by atoms with Crippen LogP contribution in [0.15, 0.2) is 12.1 Å². The molecule has 0 saturated heterocycles. The fourth-order valence-electron chi connectivity index (χ4n) is 1.92. The van der Waals surface area contributed by atoms with Crippen molar-refractivity contribution in [2.75, 3.05) is 0 Å². The highest BCUT2D eigenvalue weighted by molar-refractivity contribution is 5.96. The second-order valence-electron chi connectivity index (χ2n) is 4.76. The summed E-state index contributed by atoms with van der Waals surface area (Å²) in [5.41, 5.74) is 2.06. The molecule has 0 heterocycles. The van der Waals surface area contributed by atoms with Crippen LogP contribution in [0, 0.1) is 12.7 Å². The number of hydrogen-bond acceptors (Lipinski definition) is 1. The lowest BCUT2D eigenvalue weighted by atomic mass is 9.99. The Bertz CT molecular complexity index is 438. The van der Waals surface area contributed by atoms with Crippen molar-refractivity contribution in [3.63, 3.8) is 0 Å². The maximum atomic E-state index is 13.5. The first-order valence-corrected chi connectivity index (χ1v) is 6.21. The number of amides is 1. The van der Waals surface area contributed by atoms with Crippen LogP contribution in [0.1, 0.15) is 47.7 Å². The molecule has 1 aliphatic carbocycles. The molecule has 0 bridgehead atoms. The quantitative estimate of drug-likeness (QED) is 0.854. The van der Waals surface area contributed by atoms with Gasteiger partial charge in [-0.15, -0.1) is 0 Å². The van der Waals surface area contributed by atoms with Crippen LogP contribution in [0.2, 0.25) is 0 Å². The lowest BCUT2D eigenvalue weighted by Gasteiger charge is -2.11. The minimum absolute atomic E-state index is 0.130. The number of nitrogens with one attached hydrogen (secondary N) is 1. The summed E-state index contributed by atoms with van der Waals surface area (Å²) < 4.78 is 13.5. The minimum atomic E-state index is -0.300. The first kappa shape index (κ1) is 12.1. The number of hydrogen-bond donors (Lipinski definition) is 1. The Morgan fingerprint density at radius 3 is 2.76 bits per heavy atom. The molecule has 0 radical (unpaired) electrons. The Balaban J connectivity index is 2.28. The van der Waals surface area contributed by atoms with E-state index >= 15 is 0 Å². The van der Waals surface area contributed by atoms with E-state index < -0.39 is 0 Å². The summed E-state index contributed by atoms with van der Waals surface area (Å²) >= 11 is 0. The second kappa shape index (κ2) is 4.86. The molecule has 3 heteroatoms. The maximum absolute atomic E-state index is 13.5. The van der Waals surface area contributed by atoms with Crippen molar-refractivity contribution in [2.24, 2.45) is 0 Å². The second-order valence-corrected chi connectivity index (χ2v) is 4.76. The van der Waals surface area contributed by atoms with Crippen LogP contribution in [0.25, 0.3) is 0 Å². The molecule has 0 spiro atoms. The van der Waals surface area contributed by atoms with Gasteiger partial charge in [-0.05, 0) is 43.4 Å². The van der Waals surface area contributed by atoms with Crippen LogP contribution in [-0.4, -0.2) is 11.9 Å². The topological polar surface area (TPSA) is 29.1 Å². The van der Waals surface area contributed by atoms with Gasteiger partial charge in [-0.25, -0.2) is 4.39 Å². The van der Waals surface area contributed by atoms with Crippen molar-refractivity contribution < 1.29 is 9.18 Å². The summed E-state index contributed by atoms with van der Waals surface area (Å²) in [6.45, 7) is 3.79. The molecule has 92 valence electrons. The predicted molar refractivity (Wildman–Crippen MR) is 65.6 cm³/mol. The predicted octanol–water partition coefficient (Wildman–Crippen LogP) is 2.98. The van der Waals surface area contributed by atoms with E-state index in [0.29, 0.717) is 17.2 Å². The molecule has 0 atom stereocenters. The molecule has 1 saturated carbocycles. The SMILES string of the molecule is CCCc1cc(C)c(F)cc1C(=O)NC1CC1. The summed E-state index contributed by atoms with van der Waals surface area (Å²) in [4.78, 5) is 12.0. The van der Waals surface area contributed by atoms with E-state index in [1.807, 2.05) is 0 Å². The average Bonchev–Trinajstić information content (AvgIpc) is 3.07. The Labute approximate surface area is 101 Å². The van der Waals surface area contributed by atoms with Crippen LogP contribution >= 0.6 is 0 Å². The third kappa shape index (κ3) is 2.84. The van der Waals surface area contributed by atoms with E-state index in [1.54, 1.807) is 13.0 Å². The van der Waals surface area contributed by atoms with Gasteiger partial charge in [0.2, 0.25) is 0 Å². The van der Waals surface area contributed by atoms with Crippen LogP contribution in [-0.2, 0) is 6.42 Å². The Kier molecular flexibility index (Phi) is 3.46. The number of halogens is 1. The van der Waals surface area contributed by atoms with Gasteiger partial charge in [0.05, 0.1) is 0 Å². The normalized spacial score (nSPS) is 14.8. The summed E-state index contributed by atoms with van der Waals surface area (Å²) in [6.07, 6.45) is 3.86. The average molecular weight is 235 g/mol. The van der Waals surface area contributed by atoms with Crippen molar-refractivity contribution in [3.05, 3.63) is 34.6 Å². The van der Waals surface area contributed by atoms with Gasteiger partial charge < -0.3 is 5.32 Å². The lowest BCUT2D eigenvalue weighted by Crippen LogP contribution is -2.26. The van der Waals surface area contributed by atoms with Crippen LogP contribution < -0.4 is 5.32 Å². The smallest absolute Gasteiger partial charge is 0.251 e. The molecule has 2 rings (SSSR count). The first-order chi connectivity index (χ1) is 8.11. The molecule has 0 unspecified atom stereocenters. The molecule has 2 nitrogen and oxygen atoms in total. The Hall–Kier alpha value is -1.38. The zero-order chi connectivity index (χ0) is 12.4. The third-order valence-electron chi connectivity index (χ3n) is 3.06. The lowest BCUT2D eigenvalue weighted by molar-refractivity contribution is 0.0949. The fraction of sp³-hybridized carbons (Fsp3) is 0.500. The summed E-state index contributed by atoms with van der Waals surface area (Å²) in [5, 5.41) is 2.91. The number of carbonyl (C=O) groups is 1. The highest BCUT2D eigenvalue weighted by Gasteiger charge is 2.25. The Morgan fingerprint density at radius 2 is 2.18 bits per heavy atom. The maximum Gasteiger partial charge on any atom is 0.251 e. The molecule has 17 heavy (non-hydrogen) atoms. The van der Waals surface area contributed by atoms with Crippen LogP contribution in [0.5, 0.6) is 0 Å². The van der Waals surface area contributed by atoms with E-state index in [1.165, 1.54) is 6.07 Å². The van der Waals surface area contributed by atoms with E-state index in [2.05, 4.69) is 12.2 Å². The molecule has 0 aromatic heterocycles. The molecule has 1 aromatic carbocycles. The highest BCUT2D eigenvalue weighted by atomic mass is 19.1. The highest BCUT2D eigenvalue weighted by Crippen LogP contribution is 2.22. The van der Waals surface area contributed by atoms with Gasteiger partial charge >= 0.3 is 0 Å². The van der Waals surface area contributed by atoms with Crippen molar-refractivity contribution >= 4 is 5.91 Å². The fourth-order valence-corrected chi connectivity index (χ4v) is 1.92. The summed E-state index contributed by atoms with van der Waals surface area (Å²) in [6, 6.07) is 3.47. The monoisotopic (exact) mass is 235 g/mol. The summed E-state index contributed by atoms with van der Waals surface area (Å²) in [7, 11) is 0. The third-order valence-corrected chi connectivity index (χ3v) is 3.06. The number of carbonyl (C=O) groups excluding carboxylic acids is 1. The molecule has 1 fully saturated rings. The summed E-state index contributed by atoms with van der Waals surface area (Å²) in [5.74, 6) is -0.430. The van der Waals surface area contributed by atoms with Crippen molar-refractivity contribution in [3.8, 4) is 0 Å². The number of aryl methyl sites for hydroxylation is 2. The molecular formula is C14H18FNO. The zero-order valence-electron chi connectivity index (χ0n) is 10.3. The van der Waals surface area contributed by atoms with Gasteiger partial charge in [-0.1, -0.05) is 19.4 Å². The first-order valence-electron chi connectivity index (χ1n) is 6.21. The van der Waals surface area contributed by atoms with E-state index in [9.17, 15) is 9.18 Å². The van der Waals surface area contributed by atoms with E-state index in [0.717, 1.165) is 31.2 Å². The van der Waals surface area contributed by atoms with Crippen LogP contribution in [0.3, 0.4) is 0 Å². The van der Waals surface area contributed by atoms with Gasteiger partial charge in [-0.2, -0.15) is 0 Å². The minimum Gasteiger partial charge on any atom is -0.349 e. The van der Waals surface area contributed by atoms with Crippen molar-refractivity contribution in [1.82, 2.24) is 5.32 Å². The molecule has 1 aromatic rings. The van der Waals surface area contributed by atoms with Crippen molar-refractivity contribution in [2.45, 2.75) is 45.6 Å². The molecule has 0 aliphatic heterocycles. The zero-order valence-corrected chi connectivity index (χ0v) is 10.3. The molecule has 1 amide bonds. The Morgan fingerprint density at radius 1 is 1.47 bits per heavy atom. The van der Waals surface area contributed by atoms with E-state index in [4.69, 9.17) is 0 Å². The van der Waals surface area contributed by atoms with Gasteiger partial charge in [0.25, 0.3) is 5.91 Å². The van der Waals surface area contributed by atoms with Crippen molar-refractivity contribution in [1.29, 1.82) is 0 Å². The van der Waals surface area contributed by atoms with Gasteiger partial charge in [0.1, 0.15) is 5.82 Å². The number of benzene rings is 1. The molecular weight excluding hydrogens is 217 g/mol. The standard InChI is InChI=1S/C14H18FNO/c1-3-4-10-7-9(2)13(15)8-12(10)14(17)16-11-5-6-11/h7-8,11H,3-6H2,1-2H3,(H,16,17). The number of rotatable bonds is 4. The van der Waals surface area contributed by atoms with Gasteiger partial charge in [0, 0.05) is 11.6 Å². The van der Waals surface area contributed by atoms with Gasteiger partial charge in [0.15, 0.2) is 0 Å². The molecule has 1 N–H and O–H groups in total. The van der Waals surface area contributed by atoms with Crippen LogP contribution in [0.4, 0.5) is 4.39 Å². The molecule has 1 aliphatic rings. The van der Waals surface area contributed by atoms with E-state index in [-0.39, 0.29) is 11.7 Å².